The van der Waals surface area contributed by atoms with Crippen LogP contribution in [0.3, 0.4) is 0 Å². The predicted molar refractivity (Wildman–Crippen MR) is 249 cm³/mol. The van der Waals surface area contributed by atoms with Crippen LogP contribution >= 0.6 is 0 Å². The zero-order valence-electron chi connectivity index (χ0n) is 33.2. The molecule has 0 spiro atoms. The van der Waals surface area contributed by atoms with Crippen molar-refractivity contribution in [1.29, 1.82) is 0 Å². The molecule has 0 atom stereocenters. The van der Waals surface area contributed by atoms with Crippen molar-refractivity contribution in [1.82, 2.24) is 4.57 Å². The van der Waals surface area contributed by atoms with Crippen molar-refractivity contribution in [3.8, 4) is 50.2 Å². The van der Waals surface area contributed by atoms with Crippen LogP contribution in [0, 0.1) is 0 Å². The molecule has 0 saturated carbocycles. The highest BCUT2D eigenvalue weighted by Crippen LogP contribution is 2.52. The molecule has 10 aromatic rings. The topological polar surface area (TPSA) is 8.17 Å². The molecule has 1 aliphatic carbocycles. The first-order chi connectivity index (χ1) is 29.0. The van der Waals surface area contributed by atoms with Gasteiger partial charge in [0.25, 0.3) is 0 Å². The second kappa shape index (κ2) is 13.9. The highest BCUT2D eigenvalue weighted by atomic mass is 15.1. The van der Waals surface area contributed by atoms with Crippen LogP contribution in [-0.4, -0.2) is 4.57 Å². The number of anilines is 3. The molecule has 0 bridgehead atoms. The Hall–Kier alpha value is -7.42. The molecule has 0 N–H and O–H groups in total. The van der Waals surface area contributed by atoms with Crippen molar-refractivity contribution < 1.29 is 0 Å². The maximum Gasteiger partial charge on any atom is 0.0541 e. The van der Waals surface area contributed by atoms with E-state index >= 15 is 0 Å². The Labute approximate surface area is 345 Å². The van der Waals surface area contributed by atoms with Gasteiger partial charge in [0.15, 0.2) is 0 Å². The van der Waals surface area contributed by atoms with Crippen LogP contribution in [-0.2, 0) is 5.41 Å². The van der Waals surface area contributed by atoms with Crippen LogP contribution < -0.4 is 4.90 Å². The van der Waals surface area contributed by atoms with Crippen LogP contribution in [0.4, 0.5) is 17.1 Å². The molecule has 59 heavy (non-hydrogen) atoms. The van der Waals surface area contributed by atoms with Gasteiger partial charge in [0.1, 0.15) is 0 Å². The second-order valence-electron chi connectivity index (χ2n) is 16.2. The molecule has 1 heterocycles. The second-order valence-corrected chi connectivity index (χ2v) is 16.2. The average Bonchev–Trinajstić information content (AvgIpc) is 3.75. The predicted octanol–water partition coefficient (Wildman–Crippen LogP) is 15.6. The van der Waals surface area contributed by atoms with Gasteiger partial charge < -0.3 is 9.47 Å². The van der Waals surface area contributed by atoms with Gasteiger partial charge in [0.05, 0.1) is 11.0 Å². The number of aromatic nitrogens is 1. The molecule has 0 aliphatic heterocycles. The highest BCUT2D eigenvalue weighted by Gasteiger charge is 2.36. The van der Waals surface area contributed by atoms with Crippen LogP contribution in [0.15, 0.2) is 218 Å². The van der Waals surface area contributed by atoms with Gasteiger partial charge in [0.2, 0.25) is 0 Å². The van der Waals surface area contributed by atoms with Crippen molar-refractivity contribution in [2.45, 2.75) is 19.3 Å². The Morgan fingerprint density at radius 1 is 0.339 bits per heavy atom. The minimum atomic E-state index is -0.207. The normalized spacial score (nSPS) is 12.7. The molecule has 0 fully saturated rings. The summed E-state index contributed by atoms with van der Waals surface area (Å²) in [6, 6.07) is 79.8. The van der Waals surface area contributed by atoms with Gasteiger partial charge >= 0.3 is 0 Å². The molecule has 2 nitrogen and oxygen atoms in total. The van der Waals surface area contributed by atoms with E-state index in [2.05, 4.69) is 242 Å². The van der Waals surface area contributed by atoms with Gasteiger partial charge in [-0.05, 0) is 122 Å². The standard InChI is InChI=1S/C57H42N2/c1-57(2)53-37-44(43-18-13-19-47(36-43)59-55-22-11-9-20-51(55)52-21-10-12-23-56(52)59)28-34-49(53)50-35-33-48(38-54(50)57)58(45-29-24-41(25-30-45)39-14-5-3-6-15-39)46-31-26-42(27-32-46)40-16-7-4-8-17-40/h3-38H,1-2H3. The Morgan fingerprint density at radius 2 is 0.763 bits per heavy atom. The fourth-order valence-corrected chi connectivity index (χ4v) is 9.38. The Kier molecular flexibility index (Phi) is 8.20. The lowest BCUT2D eigenvalue weighted by molar-refractivity contribution is 0.660. The maximum atomic E-state index is 2.43. The summed E-state index contributed by atoms with van der Waals surface area (Å²) < 4.78 is 2.40. The summed E-state index contributed by atoms with van der Waals surface area (Å²) in [6.45, 7) is 4.76. The number of nitrogens with zero attached hydrogens (tertiary/aromatic N) is 2. The van der Waals surface area contributed by atoms with Crippen molar-refractivity contribution >= 4 is 38.9 Å². The van der Waals surface area contributed by atoms with Crippen molar-refractivity contribution in [3.05, 3.63) is 230 Å². The first kappa shape index (κ1) is 34.8. The van der Waals surface area contributed by atoms with E-state index in [1.165, 1.54) is 83.1 Å². The summed E-state index contributed by atoms with van der Waals surface area (Å²) in [5.74, 6) is 0. The number of benzene rings is 9. The third kappa shape index (κ3) is 5.87. The van der Waals surface area contributed by atoms with Crippen LogP contribution in [0.1, 0.15) is 25.0 Å². The molecular weight excluding hydrogens is 713 g/mol. The van der Waals surface area contributed by atoms with Gasteiger partial charge in [-0.25, -0.2) is 0 Å². The van der Waals surface area contributed by atoms with E-state index in [-0.39, 0.29) is 5.41 Å². The Balaban J connectivity index is 0.976. The summed E-state index contributed by atoms with van der Waals surface area (Å²) in [4.78, 5) is 2.40. The maximum absolute atomic E-state index is 2.43. The Morgan fingerprint density at radius 3 is 1.34 bits per heavy atom. The number of fused-ring (bicyclic) bond motifs is 6. The molecule has 0 amide bonds. The fraction of sp³-hybridized carbons (Fsp3) is 0.0526. The number of hydrogen-bond donors (Lipinski definition) is 0. The molecule has 2 heteroatoms. The quantitative estimate of drug-likeness (QED) is 0.157. The molecule has 11 rings (SSSR count). The van der Waals surface area contributed by atoms with Gasteiger partial charge in [-0.3, -0.25) is 0 Å². The smallest absolute Gasteiger partial charge is 0.0541 e. The SMILES string of the molecule is CC1(C)c2cc(-c3cccc(-n4c5ccccc5c5ccccc54)c3)ccc2-c2ccc(N(c3ccc(-c4ccccc4)cc3)c3ccc(-c4ccccc4)cc3)cc21. The first-order valence-electron chi connectivity index (χ1n) is 20.5. The highest BCUT2D eigenvalue weighted by molar-refractivity contribution is 6.09. The molecule has 1 aliphatic rings. The van der Waals surface area contributed by atoms with Crippen LogP contribution in [0.25, 0.3) is 72.0 Å². The molecule has 0 radical (unpaired) electrons. The van der Waals surface area contributed by atoms with E-state index in [4.69, 9.17) is 0 Å². The van der Waals surface area contributed by atoms with E-state index < -0.39 is 0 Å². The van der Waals surface area contributed by atoms with E-state index in [0.29, 0.717) is 0 Å². The molecule has 0 saturated heterocycles. The fourth-order valence-electron chi connectivity index (χ4n) is 9.38. The average molecular weight is 755 g/mol. The van der Waals surface area contributed by atoms with Gasteiger partial charge in [-0.1, -0.05) is 166 Å². The van der Waals surface area contributed by atoms with E-state index in [9.17, 15) is 0 Å². The van der Waals surface area contributed by atoms with Crippen LogP contribution in [0.2, 0.25) is 0 Å². The molecule has 0 unspecified atom stereocenters. The summed E-state index contributed by atoms with van der Waals surface area (Å²) in [7, 11) is 0. The molecule has 9 aromatic carbocycles. The zero-order chi connectivity index (χ0) is 39.5. The van der Waals surface area contributed by atoms with Crippen molar-refractivity contribution in [2.24, 2.45) is 0 Å². The van der Waals surface area contributed by atoms with E-state index in [0.717, 1.165) is 17.1 Å². The molecular formula is C57H42N2. The number of hydrogen-bond acceptors (Lipinski definition) is 1. The minimum Gasteiger partial charge on any atom is -0.310 e. The van der Waals surface area contributed by atoms with E-state index in [1.807, 2.05) is 0 Å². The molecule has 280 valence electrons. The van der Waals surface area contributed by atoms with E-state index in [1.54, 1.807) is 0 Å². The summed E-state index contributed by atoms with van der Waals surface area (Å²) in [5.41, 5.74) is 19.4. The Bertz CT molecular complexity index is 3020. The minimum absolute atomic E-state index is 0.207. The van der Waals surface area contributed by atoms with Crippen molar-refractivity contribution in [2.75, 3.05) is 4.90 Å². The lowest BCUT2D eigenvalue weighted by Gasteiger charge is -2.28. The van der Waals surface area contributed by atoms with Crippen molar-refractivity contribution in [3.63, 3.8) is 0 Å². The lowest BCUT2D eigenvalue weighted by Crippen LogP contribution is -2.16. The number of rotatable bonds is 7. The third-order valence-electron chi connectivity index (χ3n) is 12.4. The first-order valence-corrected chi connectivity index (χ1v) is 20.5. The zero-order valence-corrected chi connectivity index (χ0v) is 33.2. The monoisotopic (exact) mass is 754 g/mol. The lowest BCUT2D eigenvalue weighted by atomic mass is 9.81. The molecule has 1 aromatic heterocycles. The largest absolute Gasteiger partial charge is 0.310 e. The summed E-state index contributed by atoms with van der Waals surface area (Å²) in [5, 5.41) is 2.55. The van der Waals surface area contributed by atoms with Gasteiger partial charge in [0, 0.05) is 38.9 Å². The van der Waals surface area contributed by atoms with Gasteiger partial charge in [-0.15, -0.1) is 0 Å². The summed E-state index contributed by atoms with van der Waals surface area (Å²) >= 11 is 0. The third-order valence-corrected chi connectivity index (χ3v) is 12.4. The summed E-state index contributed by atoms with van der Waals surface area (Å²) in [6.07, 6.45) is 0. The number of para-hydroxylation sites is 2. The van der Waals surface area contributed by atoms with Gasteiger partial charge in [-0.2, -0.15) is 0 Å². The van der Waals surface area contributed by atoms with Crippen LogP contribution in [0.5, 0.6) is 0 Å².